The van der Waals surface area contributed by atoms with Gasteiger partial charge in [0.25, 0.3) is 0 Å². The Hall–Kier alpha value is -1.72. The molecule has 1 rings (SSSR count). The maximum atomic E-state index is 11.9. The van der Waals surface area contributed by atoms with E-state index in [4.69, 9.17) is 5.11 Å². The Kier molecular flexibility index (Phi) is 10.0. The molecule has 0 bridgehead atoms. The summed E-state index contributed by atoms with van der Waals surface area (Å²) in [4.78, 5) is 22.3. The maximum Gasteiger partial charge on any atom is 0.328 e. The number of hydrogen-bond acceptors (Lipinski definition) is 4. The molecule has 140 valence electrons. The number of ketones is 1. The smallest absolute Gasteiger partial charge is 0.328 e. The topological polar surface area (TPSA) is 94.8 Å². The van der Waals surface area contributed by atoms with E-state index in [0.29, 0.717) is 25.7 Å². The molecule has 1 fully saturated rings. The van der Waals surface area contributed by atoms with Crippen molar-refractivity contribution in [1.82, 2.24) is 0 Å². The average Bonchev–Trinajstić information content (AvgIpc) is 2.82. The van der Waals surface area contributed by atoms with Gasteiger partial charge in [0.1, 0.15) is 5.78 Å². The van der Waals surface area contributed by atoms with Gasteiger partial charge in [0.15, 0.2) is 0 Å². The lowest BCUT2D eigenvalue weighted by Gasteiger charge is -2.20. The summed E-state index contributed by atoms with van der Waals surface area (Å²) in [5, 5.41) is 28.8. The molecule has 0 heterocycles. The van der Waals surface area contributed by atoms with Gasteiger partial charge in [0.2, 0.25) is 0 Å². The van der Waals surface area contributed by atoms with E-state index in [-0.39, 0.29) is 17.6 Å². The first-order valence-corrected chi connectivity index (χ1v) is 9.08. The van der Waals surface area contributed by atoms with Gasteiger partial charge in [-0.1, -0.05) is 50.1 Å². The SMILES string of the molecule is CCCCCC(=O)CCC1C(O)CC(O)C1C=CC=CC=CC(=O)O. The molecule has 0 aromatic heterocycles. The molecule has 0 saturated heterocycles. The van der Waals surface area contributed by atoms with Crippen LogP contribution >= 0.6 is 0 Å². The Balaban J connectivity index is 2.52. The highest BCUT2D eigenvalue weighted by atomic mass is 16.4. The fourth-order valence-electron chi connectivity index (χ4n) is 3.26. The molecule has 5 heteroatoms. The van der Waals surface area contributed by atoms with Crippen molar-refractivity contribution in [2.75, 3.05) is 0 Å². The second kappa shape index (κ2) is 11.8. The number of aliphatic hydroxyl groups excluding tert-OH is 2. The van der Waals surface area contributed by atoms with Gasteiger partial charge in [-0.25, -0.2) is 4.79 Å². The summed E-state index contributed by atoms with van der Waals surface area (Å²) >= 11 is 0. The minimum Gasteiger partial charge on any atom is -0.478 e. The minimum absolute atomic E-state index is 0.121. The van der Waals surface area contributed by atoms with Crippen LogP contribution in [0.4, 0.5) is 0 Å². The van der Waals surface area contributed by atoms with E-state index < -0.39 is 18.2 Å². The molecule has 0 radical (unpaired) electrons. The molecule has 0 aliphatic heterocycles. The Bertz CT molecular complexity index is 506. The van der Waals surface area contributed by atoms with Crippen molar-refractivity contribution >= 4 is 11.8 Å². The molecule has 0 amide bonds. The number of aliphatic carboxylic acids is 1. The van der Waals surface area contributed by atoms with E-state index in [2.05, 4.69) is 6.92 Å². The Morgan fingerprint density at radius 3 is 2.40 bits per heavy atom. The standard InChI is InChI=1S/C20H30O5/c1-2-3-6-9-15(21)12-13-17-16(18(22)14-19(17)23)10-7-4-5-8-11-20(24)25/h4-5,7-8,10-11,16-19,22-23H,2-3,6,9,12-14H2,1H3,(H,24,25). The third-order valence-corrected chi connectivity index (χ3v) is 4.64. The molecule has 4 unspecified atom stereocenters. The third kappa shape index (κ3) is 8.27. The number of Topliss-reactive ketones (excluding diaryl/α,β-unsaturated/α-hetero) is 1. The van der Waals surface area contributed by atoms with Crippen molar-refractivity contribution < 1.29 is 24.9 Å². The van der Waals surface area contributed by atoms with Crippen LogP contribution in [0.1, 0.15) is 51.9 Å². The van der Waals surface area contributed by atoms with Gasteiger partial charge in [0.05, 0.1) is 12.2 Å². The largest absolute Gasteiger partial charge is 0.478 e. The Morgan fingerprint density at radius 1 is 1.00 bits per heavy atom. The lowest BCUT2D eigenvalue weighted by Crippen LogP contribution is -2.21. The second-order valence-electron chi connectivity index (χ2n) is 6.61. The number of carboxylic acid groups (broad SMARTS) is 1. The molecule has 0 aromatic rings. The van der Waals surface area contributed by atoms with Gasteiger partial charge in [-0.05, 0) is 18.8 Å². The molecule has 1 aliphatic rings. The predicted molar refractivity (Wildman–Crippen MR) is 97.0 cm³/mol. The van der Waals surface area contributed by atoms with Crippen molar-refractivity contribution in [1.29, 1.82) is 0 Å². The molecule has 5 nitrogen and oxygen atoms in total. The van der Waals surface area contributed by atoms with Crippen LogP contribution in [0.15, 0.2) is 36.5 Å². The fourth-order valence-corrected chi connectivity index (χ4v) is 3.26. The summed E-state index contributed by atoms with van der Waals surface area (Å²) in [7, 11) is 0. The number of rotatable bonds is 11. The van der Waals surface area contributed by atoms with Crippen LogP contribution in [0.2, 0.25) is 0 Å². The van der Waals surface area contributed by atoms with Crippen molar-refractivity contribution in [2.45, 2.75) is 64.1 Å². The van der Waals surface area contributed by atoms with E-state index in [0.717, 1.165) is 25.3 Å². The summed E-state index contributed by atoms with van der Waals surface area (Å²) in [6.07, 6.45) is 13.1. The highest BCUT2D eigenvalue weighted by Crippen LogP contribution is 2.36. The van der Waals surface area contributed by atoms with Crippen molar-refractivity contribution in [2.24, 2.45) is 11.8 Å². The Morgan fingerprint density at radius 2 is 1.72 bits per heavy atom. The van der Waals surface area contributed by atoms with Gasteiger partial charge in [0, 0.05) is 31.3 Å². The zero-order valence-electron chi connectivity index (χ0n) is 14.9. The quantitative estimate of drug-likeness (QED) is 0.302. The highest BCUT2D eigenvalue weighted by Gasteiger charge is 2.39. The molecule has 1 saturated carbocycles. The first-order valence-electron chi connectivity index (χ1n) is 9.08. The summed E-state index contributed by atoms with van der Waals surface area (Å²) in [6.45, 7) is 2.10. The van der Waals surface area contributed by atoms with Gasteiger partial charge < -0.3 is 15.3 Å². The Labute approximate surface area is 149 Å². The fraction of sp³-hybridized carbons (Fsp3) is 0.600. The van der Waals surface area contributed by atoms with E-state index >= 15 is 0 Å². The van der Waals surface area contributed by atoms with E-state index in [1.165, 1.54) is 6.08 Å². The first-order chi connectivity index (χ1) is 12.0. The van der Waals surface area contributed by atoms with E-state index in [9.17, 15) is 19.8 Å². The zero-order chi connectivity index (χ0) is 18.7. The van der Waals surface area contributed by atoms with Gasteiger partial charge in [-0.3, -0.25) is 4.79 Å². The number of allylic oxidation sites excluding steroid dienone is 4. The van der Waals surface area contributed by atoms with Gasteiger partial charge >= 0.3 is 5.97 Å². The molecular weight excluding hydrogens is 320 g/mol. The third-order valence-electron chi connectivity index (χ3n) is 4.64. The van der Waals surface area contributed by atoms with Crippen LogP contribution in [0.3, 0.4) is 0 Å². The molecule has 25 heavy (non-hydrogen) atoms. The first kappa shape index (κ1) is 21.3. The van der Waals surface area contributed by atoms with Crippen LogP contribution < -0.4 is 0 Å². The summed E-state index contributed by atoms with van der Waals surface area (Å²) in [5.41, 5.74) is 0. The zero-order valence-corrected chi connectivity index (χ0v) is 14.9. The monoisotopic (exact) mass is 350 g/mol. The molecule has 4 atom stereocenters. The van der Waals surface area contributed by atoms with Crippen molar-refractivity contribution in [3.8, 4) is 0 Å². The molecule has 3 N–H and O–H groups in total. The van der Waals surface area contributed by atoms with Crippen LogP contribution in [0.25, 0.3) is 0 Å². The number of carbonyl (C=O) groups excluding carboxylic acids is 1. The van der Waals surface area contributed by atoms with Crippen molar-refractivity contribution in [3.63, 3.8) is 0 Å². The lowest BCUT2D eigenvalue weighted by molar-refractivity contribution is -0.131. The van der Waals surface area contributed by atoms with E-state index in [1.54, 1.807) is 18.2 Å². The number of carbonyl (C=O) groups is 2. The number of unbranched alkanes of at least 4 members (excludes halogenated alkanes) is 2. The number of carboxylic acids is 1. The van der Waals surface area contributed by atoms with Crippen LogP contribution in [0, 0.1) is 11.8 Å². The second-order valence-corrected chi connectivity index (χ2v) is 6.61. The average molecular weight is 350 g/mol. The maximum absolute atomic E-state index is 11.9. The van der Waals surface area contributed by atoms with Crippen LogP contribution in [0.5, 0.6) is 0 Å². The predicted octanol–water partition coefficient (Wildman–Crippen LogP) is 3.03. The minimum atomic E-state index is -1.01. The lowest BCUT2D eigenvalue weighted by atomic mass is 9.88. The number of hydrogen-bond donors (Lipinski definition) is 3. The van der Waals surface area contributed by atoms with Crippen molar-refractivity contribution in [3.05, 3.63) is 36.5 Å². The van der Waals surface area contributed by atoms with E-state index in [1.807, 2.05) is 6.08 Å². The summed E-state index contributed by atoms with van der Waals surface area (Å²) < 4.78 is 0. The summed E-state index contributed by atoms with van der Waals surface area (Å²) in [6, 6.07) is 0. The van der Waals surface area contributed by atoms with Gasteiger partial charge in [-0.2, -0.15) is 0 Å². The summed E-state index contributed by atoms with van der Waals surface area (Å²) in [5.74, 6) is -1.09. The molecule has 0 aromatic carbocycles. The molecule has 1 aliphatic carbocycles. The molecular formula is C20H30O5. The van der Waals surface area contributed by atoms with Gasteiger partial charge in [-0.15, -0.1) is 0 Å². The van der Waals surface area contributed by atoms with Crippen LogP contribution in [-0.2, 0) is 9.59 Å². The van der Waals surface area contributed by atoms with Crippen LogP contribution in [-0.4, -0.2) is 39.3 Å². The molecule has 0 spiro atoms. The highest BCUT2D eigenvalue weighted by molar-refractivity contribution is 5.80. The normalized spacial score (nSPS) is 27.0. The number of aliphatic hydroxyl groups is 2.